The monoisotopic (exact) mass is 278 g/mol. The fraction of sp³-hybridized carbons (Fsp3) is 0.154. The number of thioether (sulfide) groups is 1. The number of urea groups is 1. The zero-order valence-corrected chi connectivity index (χ0v) is 11.6. The third kappa shape index (κ3) is 3.78. The summed E-state index contributed by atoms with van der Waals surface area (Å²) in [5.41, 5.74) is 0.802. The quantitative estimate of drug-likeness (QED) is 0.835. The Kier molecular flexibility index (Phi) is 4.66. The number of anilines is 1. The lowest BCUT2D eigenvalue weighted by Crippen LogP contribution is -2.27. The largest absolute Gasteiger partial charge is 0.333 e. The van der Waals surface area contributed by atoms with Gasteiger partial charge in [0.15, 0.2) is 0 Å². The van der Waals surface area contributed by atoms with Gasteiger partial charge >= 0.3 is 6.03 Å². The van der Waals surface area contributed by atoms with Gasteiger partial charge in [-0.15, -0.1) is 23.1 Å². The minimum atomic E-state index is -0.180. The Bertz CT molecular complexity index is 494. The molecule has 0 saturated heterocycles. The first-order valence-electron chi connectivity index (χ1n) is 5.49. The molecule has 2 N–H and O–H groups in total. The summed E-state index contributed by atoms with van der Waals surface area (Å²) in [4.78, 5) is 14.0. The number of rotatable bonds is 4. The predicted octanol–water partition coefficient (Wildman–Crippen LogP) is 3.79. The number of benzene rings is 1. The summed E-state index contributed by atoms with van der Waals surface area (Å²) >= 11 is 3.31. The van der Waals surface area contributed by atoms with Crippen LogP contribution in [0.2, 0.25) is 0 Å². The Morgan fingerprint density at radius 1 is 1.28 bits per heavy atom. The highest BCUT2D eigenvalue weighted by molar-refractivity contribution is 7.98. The van der Waals surface area contributed by atoms with Crippen LogP contribution in [0.15, 0.2) is 46.7 Å². The number of carbonyl (C=O) groups excluding carboxylic acids is 1. The normalized spacial score (nSPS) is 10.1. The number of hydrogen-bond donors (Lipinski definition) is 2. The molecule has 0 unspecified atom stereocenters. The van der Waals surface area contributed by atoms with Crippen molar-refractivity contribution >= 4 is 34.8 Å². The highest BCUT2D eigenvalue weighted by Gasteiger charge is 2.02. The van der Waals surface area contributed by atoms with Crippen molar-refractivity contribution in [3.05, 3.63) is 46.7 Å². The standard InChI is InChI=1S/C13H14N2OS2/c1-17-11-6-4-10(5-7-11)15-13(16)14-9-12-3-2-8-18-12/h2-8H,9H2,1H3,(H2,14,15,16). The van der Waals surface area contributed by atoms with Crippen molar-refractivity contribution in [1.82, 2.24) is 5.32 Å². The second kappa shape index (κ2) is 6.47. The van der Waals surface area contributed by atoms with Crippen molar-refractivity contribution in [3.63, 3.8) is 0 Å². The topological polar surface area (TPSA) is 41.1 Å². The molecule has 0 aliphatic heterocycles. The maximum Gasteiger partial charge on any atom is 0.319 e. The van der Waals surface area contributed by atoms with Crippen molar-refractivity contribution in [3.8, 4) is 0 Å². The Hall–Kier alpha value is -1.46. The molecule has 0 saturated carbocycles. The van der Waals surface area contributed by atoms with Gasteiger partial charge in [0.2, 0.25) is 0 Å². The third-order valence-electron chi connectivity index (χ3n) is 2.35. The fourth-order valence-electron chi connectivity index (χ4n) is 1.43. The van der Waals surface area contributed by atoms with Gasteiger partial charge in [-0.3, -0.25) is 0 Å². The Morgan fingerprint density at radius 2 is 2.06 bits per heavy atom. The summed E-state index contributed by atoms with van der Waals surface area (Å²) in [5.74, 6) is 0. The van der Waals surface area contributed by atoms with Crippen molar-refractivity contribution in [1.29, 1.82) is 0 Å². The molecule has 2 rings (SSSR count). The van der Waals surface area contributed by atoms with E-state index in [9.17, 15) is 4.79 Å². The van der Waals surface area contributed by atoms with E-state index >= 15 is 0 Å². The average Bonchev–Trinajstić information content (AvgIpc) is 2.90. The number of carbonyl (C=O) groups is 1. The second-order valence-electron chi connectivity index (χ2n) is 3.62. The fourth-order valence-corrected chi connectivity index (χ4v) is 2.48. The molecule has 0 radical (unpaired) electrons. The van der Waals surface area contributed by atoms with E-state index < -0.39 is 0 Å². The van der Waals surface area contributed by atoms with Gasteiger partial charge in [0.05, 0.1) is 6.54 Å². The van der Waals surface area contributed by atoms with Crippen molar-refractivity contribution in [2.45, 2.75) is 11.4 Å². The highest BCUT2D eigenvalue weighted by Crippen LogP contribution is 2.17. The lowest BCUT2D eigenvalue weighted by atomic mass is 10.3. The van der Waals surface area contributed by atoms with E-state index in [1.807, 2.05) is 48.0 Å². The first kappa shape index (κ1) is 13.0. The molecule has 0 fully saturated rings. The number of hydrogen-bond acceptors (Lipinski definition) is 3. The molecule has 94 valence electrons. The van der Waals surface area contributed by atoms with Crippen LogP contribution in [-0.2, 0) is 6.54 Å². The van der Waals surface area contributed by atoms with E-state index in [2.05, 4.69) is 10.6 Å². The van der Waals surface area contributed by atoms with E-state index in [-0.39, 0.29) is 6.03 Å². The van der Waals surface area contributed by atoms with E-state index in [0.29, 0.717) is 6.54 Å². The van der Waals surface area contributed by atoms with E-state index in [1.165, 1.54) is 4.90 Å². The molecule has 1 aromatic heterocycles. The maximum atomic E-state index is 11.6. The number of nitrogens with one attached hydrogen (secondary N) is 2. The summed E-state index contributed by atoms with van der Waals surface area (Å²) in [6.45, 7) is 0.562. The van der Waals surface area contributed by atoms with Crippen LogP contribution >= 0.6 is 23.1 Å². The lowest BCUT2D eigenvalue weighted by molar-refractivity contribution is 0.252. The molecular formula is C13H14N2OS2. The van der Waals surface area contributed by atoms with Crippen LogP contribution in [0.25, 0.3) is 0 Å². The van der Waals surface area contributed by atoms with Crippen LogP contribution < -0.4 is 10.6 Å². The second-order valence-corrected chi connectivity index (χ2v) is 5.53. The maximum absolute atomic E-state index is 11.6. The summed E-state index contributed by atoms with van der Waals surface area (Å²) in [6, 6.07) is 11.6. The predicted molar refractivity (Wildman–Crippen MR) is 78.4 cm³/mol. The van der Waals surface area contributed by atoms with Gasteiger partial charge < -0.3 is 10.6 Å². The molecule has 0 atom stereocenters. The number of amides is 2. The molecule has 2 aromatic rings. The molecule has 1 aromatic carbocycles. The highest BCUT2D eigenvalue weighted by atomic mass is 32.2. The van der Waals surface area contributed by atoms with Crippen LogP contribution in [0.3, 0.4) is 0 Å². The summed E-state index contributed by atoms with van der Waals surface area (Å²) in [6.07, 6.45) is 2.02. The van der Waals surface area contributed by atoms with Crippen molar-refractivity contribution < 1.29 is 4.79 Å². The zero-order valence-electron chi connectivity index (χ0n) is 9.97. The molecule has 2 amide bonds. The van der Waals surface area contributed by atoms with Gasteiger partial charge in [-0.2, -0.15) is 0 Å². The zero-order chi connectivity index (χ0) is 12.8. The van der Waals surface area contributed by atoms with Gasteiger partial charge in [0.25, 0.3) is 0 Å². The Morgan fingerprint density at radius 3 is 2.67 bits per heavy atom. The minimum Gasteiger partial charge on any atom is -0.333 e. The first-order chi connectivity index (χ1) is 8.78. The lowest BCUT2D eigenvalue weighted by Gasteiger charge is -2.07. The molecular weight excluding hydrogens is 264 g/mol. The SMILES string of the molecule is CSc1ccc(NC(=O)NCc2cccs2)cc1. The van der Waals surface area contributed by atoms with E-state index in [1.54, 1.807) is 23.1 Å². The van der Waals surface area contributed by atoms with Crippen LogP contribution in [0.1, 0.15) is 4.88 Å². The first-order valence-corrected chi connectivity index (χ1v) is 7.59. The minimum absolute atomic E-state index is 0.180. The van der Waals surface area contributed by atoms with Gasteiger partial charge in [-0.05, 0) is 42.0 Å². The third-order valence-corrected chi connectivity index (χ3v) is 3.97. The van der Waals surface area contributed by atoms with E-state index in [4.69, 9.17) is 0 Å². The van der Waals surface area contributed by atoms with Crippen LogP contribution in [0.4, 0.5) is 10.5 Å². The molecule has 0 bridgehead atoms. The van der Waals surface area contributed by atoms with Crippen molar-refractivity contribution in [2.24, 2.45) is 0 Å². The molecule has 0 aliphatic carbocycles. The van der Waals surface area contributed by atoms with Gasteiger partial charge in [-0.1, -0.05) is 6.07 Å². The average molecular weight is 278 g/mol. The smallest absolute Gasteiger partial charge is 0.319 e. The summed E-state index contributed by atoms with van der Waals surface area (Å²) in [7, 11) is 0. The van der Waals surface area contributed by atoms with Gasteiger partial charge in [0.1, 0.15) is 0 Å². The van der Waals surface area contributed by atoms with Crippen molar-refractivity contribution in [2.75, 3.05) is 11.6 Å². The molecule has 0 aliphatic rings. The Balaban J connectivity index is 1.83. The van der Waals surface area contributed by atoms with Crippen LogP contribution in [-0.4, -0.2) is 12.3 Å². The molecule has 1 heterocycles. The van der Waals surface area contributed by atoms with Gasteiger partial charge in [-0.25, -0.2) is 4.79 Å². The molecule has 3 nitrogen and oxygen atoms in total. The van der Waals surface area contributed by atoms with Crippen LogP contribution in [0.5, 0.6) is 0 Å². The van der Waals surface area contributed by atoms with Crippen LogP contribution in [0, 0.1) is 0 Å². The molecule has 5 heteroatoms. The van der Waals surface area contributed by atoms with E-state index in [0.717, 1.165) is 10.6 Å². The molecule has 18 heavy (non-hydrogen) atoms. The summed E-state index contributed by atoms with van der Waals surface area (Å²) in [5, 5.41) is 7.61. The number of thiophene rings is 1. The van der Waals surface area contributed by atoms with Gasteiger partial charge in [0, 0.05) is 15.5 Å². The summed E-state index contributed by atoms with van der Waals surface area (Å²) < 4.78 is 0. The Labute approximate surface area is 115 Å². The molecule has 0 spiro atoms.